The molecule has 0 amide bonds. The van der Waals surface area contributed by atoms with Gasteiger partial charge in [0.1, 0.15) is 18.0 Å². The van der Waals surface area contributed by atoms with Crippen LogP contribution in [0.1, 0.15) is 31.9 Å². The number of rotatable bonds is 8. The SMILES string of the molecule is CN(CCOc1ccc(Cl)cc1Cc1ccccc1)CC(=O)OC(C)(C)C. The van der Waals surface area contributed by atoms with Crippen LogP contribution < -0.4 is 4.74 Å². The maximum atomic E-state index is 11.9. The molecule has 0 spiro atoms. The molecule has 0 unspecified atom stereocenters. The molecule has 0 atom stereocenters. The van der Waals surface area contributed by atoms with Gasteiger partial charge in [-0.1, -0.05) is 41.9 Å². The van der Waals surface area contributed by atoms with E-state index in [1.54, 1.807) is 0 Å². The Morgan fingerprint density at radius 2 is 1.81 bits per heavy atom. The average Bonchev–Trinajstić information content (AvgIpc) is 2.56. The summed E-state index contributed by atoms with van der Waals surface area (Å²) in [6, 6.07) is 15.9. The van der Waals surface area contributed by atoms with Crippen molar-refractivity contribution in [3.05, 3.63) is 64.7 Å². The summed E-state index contributed by atoms with van der Waals surface area (Å²) in [5, 5.41) is 0.690. The Balaban J connectivity index is 1.89. The van der Waals surface area contributed by atoms with E-state index in [0.29, 0.717) is 18.2 Å². The Hall–Kier alpha value is -2.04. The van der Waals surface area contributed by atoms with Crippen LogP contribution in [0, 0.1) is 0 Å². The first kappa shape index (κ1) is 21.3. The van der Waals surface area contributed by atoms with Gasteiger partial charge < -0.3 is 9.47 Å². The normalized spacial score (nSPS) is 11.5. The molecule has 0 saturated carbocycles. The van der Waals surface area contributed by atoms with Crippen molar-refractivity contribution in [1.29, 1.82) is 0 Å². The number of likely N-dealkylation sites (N-methyl/N-ethyl adjacent to an activating group) is 1. The lowest BCUT2D eigenvalue weighted by atomic mass is 10.0. The Labute approximate surface area is 167 Å². The molecule has 5 heteroatoms. The summed E-state index contributed by atoms with van der Waals surface area (Å²) in [6.07, 6.45) is 0.754. The lowest BCUT2D eigenvalue weighted by Crippen LogP contribution is -2.34. The molecule has 146 valence electrons. The van der Waals surface area contributed by atoms with E-state index in [1.165, 1.54) is 5.56 Å². The largest absolute Gasteiger partial charge is 0.492 e. The van der Waals surface area contributed by atoms with Crippen molar-refractivity contribution in [3.8, 4) is 5.75 Å². The minimum absolute atomic E-state index is 0.234. The van der Waals surface area contributed by atoms with E-state index in [1.807, 2.05) is 69.1 Å². The number of hydrogen-bond acceptors (Lipinski definition) is 4. The zero-order valence-electron chi connectivity index (χ0n) is 16.5. The van der Waals surface area contributed by atoms with E-state index in [4.69, 9.17) is 21.1 Å². The number of benzene rings is 2. The van der Waals surface area contributed by atoms with Crippen LogP contribution >= 0.6 is 11.6 Å². The first-order valence-corrected chi connectivity index (χ1v) is 9.46. The predicted octanol–water partition coefficient (Wildman–Crippen LogP) is 4.58. The standard InChI is InChI=1S/C22H28ClNO3/c1-22(2,3)27-21(25)16-24(4)12-13-26-20-11-10-19(23)15-18(20)14-17-8-6-5-7-9-17/h5-11,15H,12-14,16H2,1-4H3. The van der Waals surface area contributed by atoms with Crippen LogP contribution in [0.25, 0.3) is 0 Å². The Kier molecular flexibility index (Phi) is 7.69. The molecule has 0 heterocycles. The molecule has 4 nitrogen and oxygen atoms in total. The van der Waals surface area contributed by atoms with Gasteiger partial charge in [-0.15, -0.1) is 0 Å². The average molecular weight is 390 g/mol. The highest BCUT2D eigenvalue weighted by molar-refractivity contribution is 6.30. The van der Waals surface area contributed by atoms with Crippen molar-refractivity contribution in [1.82, 2.24) is 4.90 Å². The predicted molar refractivity (Wildman–Crippen MR) is 110 cm³/mol. The molecule has 0 bridgehead atoms. The highest BCUT2D eigenvalue weighted by atomic mass is 35.5. The van der Waals surface area contributed by atoms with Crippen molar-refractivity contribution in [3.63, 3.8) is 0 Å². The monoisotopic (exact) mass is 389 g/mol. The lowest BCUT2D eigenvalue weighted by molar-refractivity contribution is -0.155. The highest BCUT2D eigenvalue weighted by Crippen LogP contribution is 2.25. The number of esters is 1. The van der Waals surface area contributed by atoms with Gasteiger partial charge in [-0.05, 0) is 57.1 Å². The third kappa shape index (κ3) is 8.02. The fourth-order valence-electron chi connectivity index (χ4n) is 2.63. The maximum absolute atomic E-state index is 11.9. The van der Waals surface area contributed by atoms with E-state index in [-0.39, 0.29) is 12.5 Å². The van der Waals surface area contributed by atoms with Gasteiger partial charge in [-0.3, -0.25) is 9.69 Å². The summed E-state index contributed by atoms with van der Waals surface area (Å²) in [4.78, 5) is 13.8. The minimum Gasteiger partial charge on any atom is -0.492 e. The van der Waals surface area contributed by atoms with Crippen LogP contribution in [0.4, 0.5) is 0 Å². The van der Waals surface area contributed by atoms with E-state index in [0.717, 1.165) is 17.7 Å². The summed E-state index contributed by atoms with van der Waals surface area (Å²) in [7, 11) is 1.88. The molecule has 2 aromatic rings. The molecule has 0 saturated heterocycles. The number of hydrogen-bond donors (Lipinski definition) is 0. The molecule has 27 heavy (non-hydrogen) atoms. The van der Waals surface area contributed by atoms with Gasteiger partial charge in [0.05, 0.1) is 6.54 Å². The minimum atomic E-state index is -0.468. The molecular weight excluding hydrogens is 362 g/mol. The van der Waals surface area contributed by atoms with Gasteiger partial charge in [0.2, 0.25) is 0 Å². The van der Waals surface area contributed by atoms with E-state index in [9.17, 15) is 4.79 Å². The zero-order chi connectivity index (χ0) is 19.9. The van der Waals surface area contributed by atoms with E-state index >= 15 is 0 Å². The Morgan fingerprint density at radius 1 is 1.11 bits per heavy atom. The topological polar surface area (TPSA) is 38.8 Å². The van der Waals surface area contributed by atoms with Crippen molar-refractivity contribution in [2.75, 3.05) is 26.7 Å². The Bertz CT molecular complexity index is 741. The van der Waals surface area contributed by atoms with Gasteiger partial charge in [-0.25, -0.2) is 0 Å². The highest BCUT2D eigenvalue weighted by Gasteiger charge is 2.17. The van der Waals surface area contributed by atoms with Gasteiger partial charge >= 0.3 is 5.97 Å². The molecule has 0 radical (unpaired) electrons. The quantitative estimate of drug-likeness (QED) is 0.619. The molecule has 2 aromatic carbocycles. The van der Waals surface area contributed by atoms with Gasteiger partial charge in [0, 0.05) is 18.0 Å². The fourth-order valence-corrected chi connectivity index (χ4v) is 2.82. The van der Waals surface area contributed by atoms with E-state index in [2.05, 4.69) is 12.1 Å². The molecule has 0 aliphatic heterocycles. The number of carbonyl (C=O) groups excluding carboxylic acids is 1. The van der Waals surface area contributed by atoms with Crippen molar-refractivity contribution in [2.24, 2.45) is 0 Å². The number of halogens is 1. The second-order valence-electron chi connectivity index (χ2n) is 7.59. The maximum Gasteiger partial charge on any atom is 0.320 e. The molecule has 0 aromatic heterocycles. The smallest absolute Gasteiger partial charge is 0.320 e. The Morgan fingerprint density at radius 3 is 2.48 bits per heavy atom. The van der Waals surface area contributed by atoms with Crippen LogP contribution in [0.3, 0.4) is 0 Å². The third-order valence-electron chi connectivity index (χ3n) is 3.81. The summed E-state index contributed by atoms with van der Waals surface area (Å²) in [5.74, 6) is 0.579. The second kappa shape index (κ2) is 9.77. The molecule has 0 aliphatic carbocycles. The van der Waals surface area contributed by atoms with Gasteiger partial charge in [-0.2, -0.15) is 0 Å². The van der Waals surface area contributed by atoms with Crippen molar-refractivity contribution in [2.45, 2.75) is 32.8 Å². The second-order valence-corrected chi connectivity index (χ2v) is 8.02. The first-order chi connectivity index (χ1) is 12.7. The number of carbonyl (C=O) groups is 1. The van der Waals surface area contributed by atoms with Crippen molar-refractivity contribution >= 4 is 17.6 Å². The molecule has 0 N–H and O–H groups in total. The molecular formula is C22H28ClNO3. The lowest BCUT2D eigenvalue weighted by Gasteiger charge is -2.22. The number of nitrogens with zero attached hydrogens (tertiary/aromatic N) is 1. The fraction of sp³-hybridized carbons (Fsp3) is 0.409. The van der Waals surface area contributed by atoms with Crippen LogP contribution in [-0.2, 0) is 16.0 Å². The summed E-state index contributed by atoms with van der Waals surface area (Å²) >= 11 is 6.16. The molecule has 2 rings (SSSR count). The van der Waals surface area contributed by atoms with Crippen LogP contribution in [-0.4, -0.2) is 43.2 Å². The molecule has 0 aliphatic rings. The summed E-state index contributed by atoms with van der Waals surface area (Å²) in [5.41, 5.74) is 1.78. The first-order valence-electron chi connectivity index (χ1n) is 9.08. The summed E-state index contributed by atoms with van der Waals surface area (Å²) in [6.45, 7) is 6.92. The van der Waals surface area contributed by atoms with Crippen LogP contribution in [0.15, 0.2) is 48.5 Å². The van der Waals surface area contributed by atoms with Gasteiger partial charge in [0.15, 0.2) is 0 Å². The number of ether oxygens (including phenoxy) is 2. The summed E-state index contributed by atoms with van der Waals surface area (Å²) < 4.78 is 11.3. The van der Waals surface area contributed by atoms with E-state index < -0.39 is 5.60 Å². The van der Waals surface area contributed by atoms with Crippen LogP contribution in [0.2, 0.25) is 5.02 Å². The zero-order valence-corrected chi connectivity index (χ0v) is 17.3. The van der Waals surface area contributed by atoms with Crippen LogP contribution in [0.5, 0.6) is 5.75 Å². The van der Waals surface area contributed by atoms with Gasteiger partial charge in [0.25, 0.3) is 0 Å². The van der Waals surface area contributed by atoms with Crippen molar-refractivity contribution < 1.29 is 14.3 Å². The molecule has 0 fully saturated rings. The third-order valence-corrected chi connectivity index (χ3v) is 4.04.